The molecular weight excluding hydrogens is 272 g/mol. The van der Waals surface area contributed by atoms with E-state index in [1.54, 1.807) is 0 Å². The second-order valence-corrected chi connectivity index (χ2v) is 5.23. The molecule has 0 unspecified atom stereocenters. The van der Waals surface area contributed by atoms with E-state index in [0.717, 1.165) is 13.1 Å². The molecule has 0 aromatic heterocycles. The van der Waals surface area contributed by atoms with E-state index in [1.807, 2.05) is 24.1 Å². The zero-order valence-electron chi connectivity index (χ0n) is 11.5. The van der Waals surface area contributed by atoms with Crippen LogP contribution in [0.2, 0.25) is 0 Å². The van der Waals surface area contributed by atoms with Gasteiger partial charge >= 0.3 is 0 Å². The third-order valence-corrected chi connectivity index (χ3v) is 3.74. The van der Waals surface area contributed by atoms with Crippen molar-refractivity contribution in [1.29, 1.82) is 0 Å². The van der Waals surface area contributed by atoms with E-state index in [9.17, 15) is 4.79 Å². The molecule has 1 heterocycles. The summed E-state index contributed by atoms with van der Waals surface area (Å²) in [6.45, 7) is 2.32. The lowest BCUT2D eigenvalue weighted by Gasteiger charge is -2.30. The van der Waals surface area contributed by atoms with Gasteiger partial charge in [-0.2, -0.15) is 0 Å². The predicted molar refractivity (Wildman–Crippen MR) is 84.0 cm³/mol. The maximum Gasteiger partial charge on any atom is 0.228 e. The number of amides is 1. The van der Waals surface area contributed by atoms with E-state index in [0.29, 0.717) is 6.54 Å². The van der Waals surface area contributed by atoms with Crippen LogP contribution in [0.5, 0.6) is 0 Å². The standard InChI is InChI=1S/C16H18N2O.ClH/c1-18(16(19)15-9-17-10-15)11-12-6-7-13-4-2-3-5-14(13)8-12;/h2-8,15,17H,9-11H2,1H3;1H. The summed E-state index contributed by atoms with van der Waals surface area (Å²) in [5.41, 5.74) is 1.18. The first kappa shape index (κ1) is 14.8. The van der Waals surface area contributed by atoms with Crippen LogP contribution in [0.3, 0.4) is 0 Å². The van der Waals surface area contributed by atoms with Gasteiger partial charge in [0.05, 0.1) is 5.92 Å². The highest BCUT2D eigenvalue weighted by Gasteiger charge is 2.27. The Morgan fingerprint density at radius 1 is 1.20 bits per heavy atom. The molecule has 0 bridgehead atoms. The van der Waals surface area contributed by atoms with E-state index < -0.39 is 0 Å². The number of benzene rings is 2. The lowest BCUT2D eigenvalue weighted by atomic mass is 10.0. The number of nitrogens with one attached hydrogen (secondary N) is 1. The molecule has 0 spiro atoms. The van der Waals surface area contributed by atoms with Crippen molar-refractivity contribution in [3.8, 4) is 0 Å². The molecule has 1 aliphatic heterocycles. The van der Waals surface area contributed by atoms with Gasteiger partial charge in [-0.1, -0.05) is 36.4 Å². The van der Waals surface area contributed by atoms with Gasteiger partial charge in [0.1, 0.15) is 0 Å². The number of carbonyl (C=O) groups is 1. The summed E-state index contributed by atoms with van der Waals surface area (Å²) in [6, 6.07) is 14.7. The summed E-state index contributed by atoms with van der Waals surface area (Å²) in [5, 5.41) is 5.60. The van der Waals surface area contributed by atoms with Gasteiger partial charge in [-0.3, -0.25) is 4.79 Å². The first-order valence-corrected chi connectivity index (χ1v) is 6.67. The number of halogens is 1. The van der Waals surface area contributed by atoms with Crippen molar-refractivity contribution in [2.75, 3.05) is 20.1 Å². The highest BCUT2D eigenvalue weighted by molar-refractivity contribution is 5.85. The van der Waals surface area contributed by atoms with E-state index in [1.165, 1.54) is 16.3 Å². The van der Waals surface area contributed by atoms with Crippen LogP contribution < -0.4 is 5.32 Å². The fourth-order valence-electron chi connectivity index (χ4n) is 2.46. The molecule has 3 rings (SSSR count). The lowest BCUT2D eigenvalue weighted by molar-refractivity contribution is -0.136. The number of carbonyl (C=O) groups excluding carboxylic acids is 1. The van der Waals surface area contributed by atoms with E-state index in [2.05, 4.69) is 35.6 Å². The zero-order chi connectivity index (χ0) is 13.2. The lowest BCUT2D eigenvalue weighted by Crippen LogP contribution is -2.50. The zero-order valence-corrected chi connectivity index (χ0v) is 12.3. The SMILES string of the molecule is CN(Cc1ccc2ccccc2c1)C(=O)C1CNC1.Cl. The monoisotopic (exact) mass is 290 g/mol. The topological polar surface area (TPSA) is 32.3 Å². The summed E-state index contributed by atoms with van der Waals surface area (Å²) in [7, 11) is 1.88. The molecule has 1 aliphatic rings. The average Bonchev–Trinajstić information content (AvgIpc) is 2.36. The number of fused-ring (bicyclic) bond motifs is 1. The van der Waals surface area contributed by atoms with Gasteiger partial charge in [0.15, 0.2) is 0 Å². The van der Waals surface area contributed by atoms with Crippen molar-refractivity contribution < 1.29 is 4.79 Å². The number of nitrogens with zero attached hydrogens (tertiary/aromatic N) is 1. The Hall–Kier alpha value is -1.58. The van der Waals surface area contributed by atoms with E-state index >= 15 is 0 Å². The van der Waals surface area contributed by atoms with Crippen LogP contribution in [-0.2, 0) is 11.3 Å². The Kier molecular flexibility index (Phi) is 4.63. The van der Waals surface area contributed by atoms with Gasteiger partial charge in [-0.05, 0) is 22.4 Å². The number of hydrogen-bond acceptors (Lipinski definition) is 2. The molecule has 0 saturated carbocycles. The van der Waals surface area contributed by atoms with Crippen molar-refractivity contribution >= 4 is 29.1 Å². The largest absolute Gasteiger partial charge is 0.341 e. The normalized spacial score (nSPS) is 14.4. The summed E-state index contributed by atoms with van der Waals surface area (Å²) < 4.78 is 0. The van der Waals surface area contributed by atoms with Gasteiger partial charge in [-0.15, -0.1) is 12.4 Å². The molecule has 0 aliphatic carbocycles. The molecule has 1 amide bonds. The molecular formula is C16H19ClN2O. The quantitative estimate of drug-likeness (QED) is 0.942. The van der Waals surface area contributed by atoms with Crippen LogP contribution in [0.25, 0.3) is 10.8 Å². The highest BCUT2D eigenvalue weighted by Crippen LogP contribution is 2.17. The van der Waals surface area contributed by atoms with Crippen molar-refractivity contribution in [1.82, 2.24) is 10.2 Å². The Balaban J connectivity index is 0.00000147. The second kappa shape index (κ2) is 6.25. The molecule has 1 N–H and O–H groups in total. The van der Waals surface area contributed by atoms with Crippen molar-refractivity contribution in [3.63, 3.8) is 0 Å². The highest BCUT2D eigenvalue weighted by atomic mass is 35.5. The number of hydrogen-bond donors (Lipinski definition) is 1. The fraction of sp³-hybridized carbons (Fsp3) is 0.312. The van der Waals surface area contributed by atoms with Crippen molar-refractivity contribution in [2.45, 2.75) is 6.54 Å². The molecule has 106 valence electrons. The molecule has 0 radical (unpaired) electrons. The van der Waals surface area contributed by atoms with E-state index in [-0.39, 0.29) is 24.2 Å². The van der Waals surface area contributed by atoms with Crippen LogP contribution in [0.15, 0.2) is 42.5 Å². The minimum atomic E-state index is 0. The van der Waals surface area contributed by atoms with Crippen LogP contribution >= 0.6 is 12.4 Å². The molecule has 1 saturated heterocycles. The molecule has 20 heavy (non-hydrogen) atoms. The first-order valence-electron chi connectivity index (χ1n) is 6.67. The molecule has 4 heteroatoms. The molecule has 1 fully saturated rings. The van der Waals surface area contributed by atoms with Crippen LogP contribution in [-0.4, -0.2) is 30.9 Å². The summed E-state index contributed by atoms with van der Waals surface area (Å²) in [4.78, 5) is 13.9. The molecule has 0 atom stereocenters. The third kappa shape index (κ3) is 2.94. The minimum absolute atomic E-state index is 0. The number of rotatable bonds is 3. The van der Waals surface area contributed by atoms with Crippen LogP contribution in [0, 0.1) is 5.92 Å². The Morgan fingerprint density at radius 3 is 2.55 bits per heavy atom. The van der Waals surface area contributed by atoms with Crippen molar-refractivity contribution in [3.05, 3.63) is 48.0 Å². The Morgan fingerprint density at radius 2 is 1.90 bits per heavy atom. The van der Waals surface area contributed by atoms with Crippen LogP contribution in [0.1, 0.15) is 5.56 Å². The Labute approximate surface area is 125 Å². The second-order valence-electron chi connectivity index (χ2n) is 5.23. The maximum atomic E-state index is 12.1. The van der Waals surface area contributed by atoms with Gasteiger partial charge in [0, 0.05) is 26.7 Å². The smallest absolute Gasteiger partial charge is 0.228 e. The van der Waals surface area contributed by atoms with E-state index in [4.69, 9.17) is 0 Å². The minimum Gasteiger partial charge on any atom is -0.341 e. The average molecular weight is 291 g/mol. The first-order chi connectivity index (χ1) is 9.24. The van der Waals surface area contributed by atoms with Crippen LogP contribution in [0.4, 0.5) is 0 Å². The maximum absolute atomic E-state index is 12.1. The van der Waals surface area contributed by atoms with Gasteiger partial charge in [0.25, 0.3) is 0 Å². The third-order valence-electron chi connectivity index (χ3n) is 3.74. The molecule has 3 nitrogen and oxygen atoms in total. The Bertz CT molecular complexity index is 610. The van der Waals surface area contributed by atoms with Gasteiger partial charge < -0.3 is 10.2 Å². The predicted octanol–water partition coefficient (Wildman–Crippen LogP) is 2.44. The van der Waals surface area contributed by atoms with Gasteiger partial charge in [0.2, 0.25) is 5.91 Å². The fourth-order valence-corrected chi connectivity index (χ4v) is 2.46. The van der Waals surface area contributed by atoms with Crippen molar-refractivity contribution in [2.24, 2.45) is 5.92 Å². The summed E-state index contributed by atoms with van der Waals surface area (Å²) in [6.07, 6.45) is 0. The molecule has 2 aromatic rings. The summed E-state index contributed by atoms with van der Waals surface area (Å²) in [5.74, 6) is 0.414. The summed E-state index contributed by atoms with van der Waals surface area (Å²) >= 11 is 0. The molecule has 2 aromatic carbocycles. The van der Waals surface area contributed by atoms with Gasteiger partial charge in [-0.25, -0.2) is 0 Å².